The van der Waals surface area contributed by atoms with Gasteiger partial charge in [-0.25, -0.2) is 19.6 Å². The van der Waals surface area contributed by atoms with Crippen LogP contribution in [0.3, 0.4) is 0 Å². The van der Waals surface area contributed by atoms with Crippen LogP contribution >= 0.6 is 0 Å². The van der Waals surface area contributed by atoms with Gasteiger partial charge in [-0.1, -0.05) is 62.4 Å². The number of imidazole rings is 2. The summed E-state index contributed by atoms with van der Waals surface area (Å²) in [6.07, 6.45) is 2.39. The Morgan fingerprint density at radius 1 is 0.866 bits per heavy atom. The number of amides is 4. The lowest BCUT2D eigenvalue weighted by molar-refractivity contribution is -0.139. The summed E-state index contributed by atoms with van der Waals surface area (Å²) in [7, 11) is 2.50. The summed E-state index contributed by atoms with van der Waals surface area (Å²) in [5, 5.41) is 7.15. The summed E-state index contributed by atoms with van der Waals surface area (Å²) < 4.78 is 47.2. The number of nitrogens with one attached hydrogen (secondary N) is 4. The van der Waals surface area contributed by atoms with E-state index in [0.717, 1.165) is 57.1 Å². The maximum Gasteiger partial charge on any atom is 0.407 e. The molecule has 18 heteroatoms. The molecule has 0 radical (unpaired) electrons. The van der Waals surface area contributed by atoms with E-state index in [1.54, 1.807) is 41.4 Å². The van der Waals surface area contributed by atoms with Crippen molar-refractivity contribution in [2.75, 3.05) is 27.4 Å². The van der Waals surface area contributed by atoms with Gasteiger partial charge in [-0.2, -0.15) is 8.78 Å². The number of likely N-dealkylation sites (tertiary alicyclic amines) is 2. The molecule has 10 rings (SSSR count). The van der Waals surface area contributed by atoms with E-state index in [1.165, 1.54) is 14.2 Å². The molecule has 4 aromatic carbocycles. The number of aromatic nitrogens is 4. The number of hydrogen-bond donors (Lipinski definition) is 4. The maximum atomic E-state index is 14.4. The van der Waals surface area contributed by atoms with Crippen LogP contribution in [0, 0.1) is 17.8 Å². The van der Waals surface area contributed by atoms with Gasteiger partial charge in [0, 0.05) is 29.5 Å². The van der Waals surface area contributed by atoms with Crippen LogP contribution in [0.15, 0.2) is 79.0 Å². The Morgan fingerprint density at radius 2 is 1.66 bits per heavy atom. The Hall–Kier alpha value is -7.08. The summed E-state index contributed by atoms with van der Waals surface area (Å²) in [6, 6.07) is 20.3. The summed E-state index contributed by atoms with van der Waals surface area (Å²) >= 11 is 0. The van der Waals surface area contributed by atoms with E-state index in [2.05, 4.69) is 38.8 Å². The van der Waals surface area contributed by atoms with Crippen molar-refractivity contribution < 1.29 is 46.9 Å². The molecule has 5 heterocycles. The number of hydrogen-bond acceptors (Lipinski definition) is 10. The number of benzene rings is 4. The van der Waals surface area contributed by atoms with Gasteiger partial charge < -0.3 is 49.3 Å². The van der Waals surface area contributed by atoms with Crippen molar-refractivity contribution in [3.05, 3.63) is 102 Å². The number of H-pyrrole nitrogens is 2. The molecule has 2 aromatic heterocycles. The number of aromatic amines is 2. The standard InChI is InChI=1S/C49H50F2N8O8/c1-24(2)40(56-48(62)64-3)46(61)59-36-17-29(36)18-38(59)43-52-20-35(54-43)28-10-12-31-30(15-28)23-66-39-19-32-27(16-33(31)39)11-13-34-42(32)55-44(53-34)37-14-25(22-67-47(50)51)21-58(37)45(60)41(57-49(63)65-4)26-8-6-5-7-9-26/h5-13,15-16,19-20,24-25,29,36-38,40-41,47H,14,17-18,21-23H2,1-4H3,(H,52,54)(H,53,55)(H,56,62)(H,57,63)/t25-,29?,36?,37-,38-,40-,41+/m0/s1. The SMILES string of the molecule is COC(=O)N[C@H](C(=O)N1C2CC2C[C@H]1c1ncc(-c2ccc3c(c2)COc2cc4c(ccc5nc([C@@H]6C[C@H](COC(F)F)CN6C(=O)[C@H](NC(=O)OC)c6ccccc6)[nH]c54)cc2-3)[nH]1)C(C)C. The van der Waals surface area contributed by atoms with Crippen molar-refractivity contribution in [2.24, 2.45) is 17.8 Å². The highest BCUT2D eigenvalue weighted by Crippen LogP contribution is 2.53. The summed E-state index contributed by atoms with van der Waals surface area (Å²) in [5.41, 5.74) is 6.56. The molecule has 6 aromatic rings. The molecular weight excluding hydrogens is 867 g/mol. The van der Waals surface area contributed by atoms with Crippen LogP contribution in [0.1, 0.15) is 74.0 Å². The molecule has 7 atom stereocenters. The first-order valence-electron chi connectivity index (χ1n) is 22.4. The minimum Gasteiger partial charge on any atom is -0.488 e. The Morgan fingerprint density at radius 3 is 2.42 bits per heavy atom. The van der Waals surface area contributed by atoms with E-state index in [1.807, 2.05) is 43.0 Å². The van der Waals surface area contributed by atoms with Crippen molar-refractivity contribution in [1.82, 2.24) is 40.4 Å². The minimum atomic E-state index is -2.97. The van der Waals surface area contributed by atoms with E-state index in [-0.39, 0.29) is 37.1 Å². The number of halogens is 2. The van der Waals surface area contributed by atoms with Crippen molar-refractivity contribution in [3.8, 4) is 28.1 Å². The first kappa shape index (κ1) is 43.8. The average molecular weight is 917 g/mol. The lowest BCUT2D eigenvalue weighted by Gasteiger charge is -2.31. The van der Waals surface area contributed by atoms with E-state index >= 15 is 0 Å². The fraction of sp³-hybridized carbons (Fsp3) is 0.388. The highest BCUT2D eigenvalue weighted by Gasteiger charge is 2.56. The second kappa shape index (κ2) is 17.6. The van der Waals surface area contributed by atoms with Crippen molar-refractivity contribution in [3.63, 3.8) is 0 Å². The van der Waals surface area contributed by atoms with Gasteiger partial charge in [0.05, 0.1) is 55.8 Å². The topological polar surface area (TPSA) is 193 Å². The monoisotopic (exact) mass is 916 g/mol. The van der Waals surface area contributed by atoms with Crippen molar-refractivity contribution in [2.45, 2.75) is 76.5 Å². The number of rotatable bonds is 12. The van der Waals surface area contributed by atoms with Gasteiger partial charge >= 0.3 is 18.8 Å². The maximum absolute atomic E-state index is 14.4. The largest absolute Gasteiger partial charge is 0.488 e. The Kier molecular flexibility index (Phi) is 11.5. The number of piperidine rings is 1. The van der Waals surface area contributed by atoms with E-state index in [4.69, 9.17) is 28.9 Å². The molecule has 0 bridgehead atoms. The molecule has 16 nitrogen and oxygen atoms in total. The highest BCUT2D eigenvalue weighted by molar-refractivity contribution is 6.07. The molecule has 1 saturated carbocycles. The van der Waals surface area contributed by atoms with Crippen LogP contribution in [0.4, 0.5) is 18.4 Å². The number of nitrogens with zero attached hydrogens (tertiary/aromatic N) is 4. The number of ether oxygens (including phenoxy) is 4. The number of alkyl halides is 2. The van der Waals surface area contributed by atoms with Gasteiger partial charge in [0.15, 0.2) is 0 Å². The quantitative estimate of drug-likeness (QED) is 0.0937. The zero-order chi connectivity index (χ0) is 46.7. The summed E-state index contributed by atoms with van der Waals surface area (Å²) in [4.78, 5) is 73.1. The first-order valence-corrected chi connectivity index (χ1v) is 22.4. The predicted molar refractivity (Wildman–Crippen MR) is 240 cm³/mol. The van der Waals surface area contributed by atoms with Crippen LogP contribution in [0.5, 0.6) is 5.75 Å². The fourth-order valence-corrected chi connectivity index (χ4v) is 10.2. The molecule has 4 aliphatic rings. The third-order valence-corrected chi connectivity index (χ3v) is 13.6. The third kappa shape index (κ3) is 8.27. The van der Waals surface area contributed by atoms with Crippen LogP contribution in [-0.4, -0.2) is 99.8 Å². The normalized spacial score (nSPS) is 21.4. The zero-order valence-corrected chi connectivity index (χ0v) is 37.3. The second-order valence-electron chi connectivity index (χ2n) is 18.1. The first-order chi connectivity index (χ1) is 32.4. The number of alkyl carbamates (subject to hydrolysis) is 2. The molecule has 2 saturated heterocycles. The van der Waals surface area contributed by atoms with Gasteiger partial charge in [0.2, 0.25) is 5.91 Å². The average Bonchev–Trinajstić information content (AvgIpc) is 3.81. The smallest absolute Gasteiger partial charge is 0.407 e. The van der Waals surface area contributed by atoms with E-state index in [0.29, 0.717) is 47.4 Å². The highest BCUT2D eigenvalue weighted by atomic mass is 19.3. The summed E-state index contributed by atoms with van der Waals surface area (Å²) in [6.45, 7) is 0.983. The van der Waals surface area contributed by atoms with Gasteiger partial charge in [0.25, 0.3) is 5.91 Å². The molecule has 0 spiro atoms. The molecule has 4 amide bonds. The van der Waals surface area contributed by atoms with Crippen LogP contribution in [-0.2, 0) is 30.4 Å². The number of carbonyl (C=O) groups excluding carboxylic acids is 4. The van der Waals surface area contributed by atoms with Gasteiger partial charge in [0.1, 0.15) is 36.1 Å². The Balaban J connectivity index is 0.917. The van der Waals surface area contributed by atoms with Crippen LogP contribution < -0.4 is 15.4 Å². The number of methoxy groups -OCH3 is 2. The molecule has 348 valence electrons. The molecule has 2 unspecified atom stereocenters. The van der Waals surface area contributed by atoms with E-state index in [9.17, 15) is 28.0 Å². The van der Waals surface area contributed by atoms with Crippen LogP contribution in [0.2, 0.25) is 0 Å². The lowest BCUT2D eigenvalue weighted by atomic mass is 9.92. The predicted octanol–water partition coefficient (Wildman–Crippen LogP) is 7.93. The fourth-order valence-electron chi connectivity index (χ4n) is 10.2. The van der Waals surface area contributed by atoms with Crippen LogP contribution in [0.25, 0.3) is 44.2 Å². The Bertz CT molecular complexity index is 2890. The van der Waals surface area contributed by atoms with Gasteiger partial charge in [-0.05, 0) is 83.0 Å². The molecule has 4 N–H and O–H groups in total. The molecule has 3 aliphatic heterocycles. The summed E-state index contributed by atoms with van der Waals surface area (Å²) in [5.74, 6) is 1.11. The third-order valence-electron chi connectivity index (χ3n) is 13.6. The zero-order valence-electron chi connectivity index (χ0n) is 37.3. The molecule has 3 fully saturated rings. The molecule has 67 heavy (non-hydrogen) atoms. The molecular formula is C49H50F2N8O8. The minimum absolute atomic E-state index is 0.0989. The Labute approximate surface area is 383 Å². The van der Waals surface area contributed by atoms with E-state index < -0.39 is 48.7 Å². The number of carbonyl (C=O) groups is 4. The second-order valence-corrected chi connectivity index (χ2v) is 18.1. The van der Waals surface area contributed by atoms with Gasteiger partial charge in [-0.3, -0.25) is 9.59 Å². The molecule has 1 aliphatic carbocycles. The van der Waals surface area contributed by atoms with Crippen molar-refractivity contribution in [1.29, 1.82) is 0 Å². The van der Waals surface area contributed by atoms with Crippen molar-refractivity contribution >= 4 is 45.8 Å². The number of fused-ring (bicyclic) bond motifs is 7. The van der Waals surface area contributed by atoms with Gasteiger partial charge in [-0.15, -0.1) is 0 Å². The lowest BCUT2D eigenvalue weighted by Crippen LogP contribution is -2.52.